The van der Waals surface area contributed by atoms with Crippen molar-refractivity contribution in [3.05, 3.63) is 29.7 Å². The molecular weight excluding hydrogens is 443 g/mol. The van der Waals surface area contributed by atoms with Gasteiger partial charge in [-0.15, -0.1) is 10.2 Å². The summed E-state index contributed by atoms with van der Waals surface area (Å²) in [7, 11) is 1.60. The van der Waals surface area contributed by atoms with Gasteiger partial charge in [0, 0.05) is 47.1 Å². The van der Waals surface area contributed by atoms with E-state index >= 15 is 0 Å². The van der Waals surface area contributed by atoms with Gasteiger partial charge in [-0.05, 0) is 19.4 Å². The number of hydrogen-bond acceptors (Lipinski definition) is 9. The quantitative estimate of drug-likeness (QED) is 0.504. The van der Waals surface area contributed by atoms with Gasteiger partial charge in [-0.1, -0.05) is 0 Å². The van der Waals surface area contributed by atoms with Crippen LogP contribution in [0.3, 0.4) is 0 Å². The van der Waals surface area contributed by atoms with Gasteiger partial charge in [-0.3, -0.25) is 9.59 Å². The van der Waals surface area contributed by atoms with E-state index in [1.54, 1.807) is 20.0 Å². The predicted octanol–water partition coefficient (Wildman–Crippen LogP) is 1.58. The Morgan fingerprint density at radius 1 is 1.29 bits per heavy atom. The van der Waals surface area contributed by atoms with Gasteiger partial charge >= 0.3 is 0 Å². The standard InChI is InChI=1S/C21H23FN10O2/c1-9-15-16(30-32(4)29-15)10-5-6-24-19(18(10)31(9)3)25-13-8-14(26-20(33)11-7-12(11)22)27-28-17(13)21(34)23-2/h5-6,8-9,11-12H,7H2,1-4H3,(H,23,34)(H2,24,25,26,27,33)/t9-,11+,12-/m1/s1/i2D3,3D3. The second kappa shape index (κ2) is 8.01. The van der Waals surface area contributed by atoms with Crippen LogP contribution in [0.2, 0.25) is 0 Å². The summed E-state index contributed by atoms with van der Waals surface area (Å²) in [5.41, 5.74) is 0.744. The Morgan fingerprint density at radius 3 is 2.85 bits per heavy atom. The van der Waals surface area contributed by atoms with Gasteiger partial charge in [0.05, 0.1) is 23.3 Å². The molecule has 0 saturated heterocycles. The maximum absolute atomic E-state index is 13.4. The zero-order valence-corrected chi connectivity index (χ0v) is 18.0. The topological polar surface area (TPSA) is 143 Å². The molecule has 0 bridgehead atoms. The minimum atomic E-state index is -2.86. The molecule has 0 aromatic carbocycles. The van der Waals surface area contributed by atoms with Crippen molar-refractivity contribution in [2.45, 2.75) is 25.6 Å². The second-order valence-electron chi connectivity index (χ2n) is 7.94. The number of hydrogen-bond donors (Lipinski definition) is 3. The highest BCUT2D eigenvalue weighted by atomic mass is 19.1. The van der Waals surface area contributed by atoms with Crippen LogP contribution in [0.5, 0.6) is 0 Å². The fourth-order valence-electron chi connectivity index (χ4n) is 3.75. The van der Waals surface area contributed by atoms with Gasteiger partial charge in [-0.25, -0.2) is 9.37 Å². The summed E-state index contributed by atoms with van der Waals surface area (Å²) in [4.78, 5) is 31.8. The summed E-state index contributed by atoms with van der Waals surface area (Å²) >= 11 is 0. The number of carbonyl (C=O) groups is 2. The molecule has 2 aliphatic rings. The van der Waals surface area contributed by atoms with Crippen molar-refractivity contribution < 1.29 is 22.2 Å². The van der Waals surface area contributed by atoms with Crippen molar-refractivity contribution >= 4 is 34.8 Å². The second-order valence-corrected chi connectivity index (χ2v) is 7.94. The molecule has 3 aromatic heterocycles. The zero-order chi connectivity index (χ0) is 29.1. The Labute approximate surface area is 202 Å². The van der Waals surface area contributed by atoms with E-state index in [9.17, 15) is 14.0 Å². The van der Waals surface area contributed by atoms with E-state index in [0.717, 1.165) is 4.90 Å². The van der Waals surface area contributed by atoms with E-state index in [2.05, 4.69) is 36.0 Å². The smallest absolute Gasteiger partial charge is 0.273 e. The van der Waals surface area contributed by atoms with E-state index in [1.807, 2.05) is 5.32 Å². The predicted molar refractivity (Wildman–Crippen MR) is 121 cm³/mol. The molecule has 1 fully saturated rings. The number of aryl methyl sites for hydroxylation is 1. The molecule has 3 aromatic rings. The fourth-order valence-corrected chi connectivity index (χ4v) is 3.75. The lowest BCUT2D eigenvalue weighted by atomic mass is 9.99. The third-order valence-electron chi connectivity index (χ3n) is 5.62. The normalized spacial score (nSPS) is 23.6. The Balaban J connectivity index is 1.61. The Bertz CT molecular complexity index is 1510. The summed E-state index contributed by atoms with van der Waals surface area (Å²) in [6.07, 6.45) is 0.187. The van der Waals surface area contributed by atoms with Crippen molar-refractivity contribution in [3.8, 4) is 11.3 Å². The number of nitrogens with one attached hydrogen (secondary N) is 3. The van der Waals surface area contributed by atoms with Crippen LogP contribution in [0, 0.1) is 5.92 Å². The molecule has 176 valence electrons. The monoisotopic (exact) mass is 472 g/mol. The number of rotatable bonds is 5. The lowest BCUT2D eigenvalue weighted by Gasteiger charge is -2.33. The molecule has 5 rings (SSSR count). The summed E-state index contributed by atoms with van der Waals surface area (Å²) in [5.74, 6) is -2.79. The largest absolute Gasteiger partial charge is 0.363 e. The van der Waals surface area contributed by atoms with E-state index in [4.69, 9.17) is 8.22 Å². The van der Waals surface area contributed by atoms with Crippen LogP contribution in [-0.2, 0) is 11.8 Å². The molecule has 4 heterocycles. The van der Waals surface area contributed by atoms with Crippen molar-refractivity contribution in [1.29, 1.82) is 0 Å². The number of amides is 2. The lowest BCUT2D eigenvalue weighted by molar-refractivity contribution is -0.117. The molecule has 1 saturated carbocycles. The van der Waals surface area contributed by atoms with E-state index < -0.39 is 49.6 Å². The Kier molecular flexibility index (Phi) is 3.68. The number of aromatic nitrogens is 6. The lowest BCUT2D eigenvalue weighted by Crippen LogP contribution is -2.28. The highest BCUT2D eigenvalue weighted by molar-refractivity contribution is 6.00. The van der Waals surface area contributed by atoms with Gasteiger partial charge in [0.25, 0.3) is 5.91 Å². The fraction of sp³-hybridized carbons (Fsp3) is 0.381. The van der Waals surface area contributed by atoms with Crippen LogP contribution in [0.1, 0.15) is 43.8 Å². The summed E-state index contributed by atoms with van der Waals surface area (Å²) in [5, 5.41) is 23.3. The minimum absolute atomic E-state index is 0.0315. The van der Waals surface area contributed by atoms with E-state index in [-0.39, 0.29) is 29.4 Å². The highest BCUT2D eigenvalue weighted by Gasteiger charge is 2.44. The SMILES string of the molecule is [2H]C([2H])([2H])NC(=O)c1nnc(NC(=O)[C@H]2C[C@H]2F)cc1Nc1nccc2c1N(C([2H])([2H])[2H])[C@H](C)c1nn(C)nc1-2. The number of pyridine rings is 1. The first-order valence-electron chi connectivity index (χ1n) is 13.3. The number of anilines is 4. The van der Waals surface area contributed by atoms with Crippen LogP contribution in [0.15, 0.2) is 18.3 Å². The number of halogens is 1. The first-order valence-corrected chi connectivity index (χ1v) is 10.3. The molecule has 1 aliphatic heterocycles. The van der Waals surface area contributed by atoms with Gasteiger partial charge in [0.15, 0.2) is 17.3 Å². The molecule has 34 heavy (non-hydrogen) atoms. The van der Waals surface area contributed by atoms with Crippen molar-refractivity contribution in [1.82, 2.24) is 35.5 Å². The summed E-state index contributed by atoms with van der Waals surface area (Å²) < 4.78 is 60.1. The molecule has 0 unspecified atom stereocenters. The Hall–Kier alpha value is -4.16. The molecule has 3 atom stereocenters. The van der Waals surface area contributed by atoms with Crippen LogP contribution < -0.4 is 20.9 Å². The Morgan fingerprint density at radius 2 is 2.12 bits per heavy atom. The molecule has 0 radical (unpaired) electrons. The first-order chi connectivity index (χ1) is 18.6. The molecular formula is C21H23FN10O2. The van der Waals surface area contributed by atoms with Crippen LogP contribution in [-0.4, -0.2) is 62.1 Å². The minimum Gasteiger partial charge on any atom is -0.363 e. The first kappa shape index (κ1) is 15.6. The zero-order valence-electron chi connectivity index (χ0n) is 24.0. The van der Waals surface area contributed by atoms with E-state index in [1.165, 1.54) is 17.1 Å². The number of nitrogens with zero attached hydrogens (tertiary/aromatic N) is 7. The van der Waals surface area contributed by atoms with Crippen molar-refractivity contribution in [2.75, 3.05) is 29.5 Å². The molecule has 0 spiro atoms. The van der Waals surface area contributed by atoms with Gasteiger partial charge in [-0.2, -0.15) is 15.0 Å². The highest BCUT2D eigenvalue weighted by Crippen LogP contribution is 2.45. The van der Waals surface area contributed by atoms with E-state index in [0.29, 0.717) is 17.0 Å². The maximum Gasteiger partial charge on any atom is 0.273 e. The van der Waals surface area contributed by atoms with Crippen molar-refractivity contribution in [3.63, 3.8) is 0 Å². The average molecular weight is 473 g/mol. The number of alkyl halides is 1. The molecule has 12 nitrogen and oxygen atoms in total. The molecule has 1 aliphatic carbocycles. The summed E-state index contributed by atoms with van der Waals surface area (Å²) in [6, 6.07) is 2.00. The van der Waals surface area contributed by atoms with Crippen LogP contribution in [0.25, 0.3) is 11.3 Å². The number of carbonyl (C=O) groups excluding carboxylic acids is 2. The van der Waals surface area contributed by atoms with Crippen LogP contribution in [0.4, 0.5) is 27.4 Å². The average Bonchev–Trinajstić information content (AvgIpc) is 3.43. The van der Waals surface area contributed by atoms with Gasteiger partial charge in [0.2, 0.25) is 5.91 Å². The summed E-state index contributed by atoms with van der Waals surface area (Å²) in [6.45, 7) is -3.87. The van der Waals surface area contributed by atoms with Gasteiger partial charge < -0.3 is 20.9 Å². The third-order valence-corrected chi connectivity index (χ3v) is 5.62. The molecule has 3 N–H and O–H groups in total. The van der Waals surface area contributed by atoms with Crippen LogP contribution >= 0.6 is 0 Å². The number of fused-ring (bicyclic) bond motifs is 3. The third kappa shape index (κ3) is 3.58. The maximum atomic E-state index is 13.4. The van der Waals surface area contributed by atoms with Crippen molar-refractivity contribution in [2.24, 2.45) is 13.0 Å². The molecule has 13 heteroatoms. The molecule has 2 amide bonds. The van der Waals surface area contributed by atoms with Gasteiger partial charge in [0.1, 0.15) is 17.6 Å².